The van der Waals surface area contributed by atoms with E-state index in [-0.39, 0.29) is 5.82 Å². The molecule has 0 aromatic heterocycles. The average Bonchev–Trinajstić information content (AvgIpc) is 2.22. The van der Waals surface area contributed by atoms with Crippen LogP contribution in [0, 0.1) is 5.82 Å². The Morgan fingerprint density at radius 1 is 1.53 bits per heavy atom. The Balaban J connectivity index is 2.07. The standard InChI is InChI=1S/C12H13BrFNO2/c13-10-8(3-1-4-9(10)14)7-15-12(11(16)17)5-2-6-12/h1,3-4,15H,2,5-7H2,(H,16,17). The number of nitrogens with one attached hydrogen (secondary N) is 1. The molecular formula is C12H13BrFNO2. The number of hydrogen-bond acceptors (Lipinski definition) is 2. The van der Waals surface area contributed by atoms with E-state index < -0.39 is 11.5 Å². The van der Waals surface area contributed by atoms with Crippen LogP contribution in [0.1, 0.15) is 24.8 Å². The van der Waals surface area contributed by atoms with Crippen molar-refractivity contribution < 1.29 is 14.3 Å². The number of hydrogen-bond donors (Lipinski definition) is 2. The molecule has 1 aliphatic carbocycles. The predicted molar refractivity (Wildman–Crippen MR) is 65.2 cm³/mol. The van der Waals surface area contributed by atoms with Gasteiger partial charge in [0.05, 0.1) is 4.47 Å². The molecule has 0 aliphatic heterocycles. The molecule has 0 bridgehead atoms. The Hall–Kier alpha value is -0.940. The van der Waals surface area contributed by atoms with Gasteiger partial charge in [0.2, 0.25) is 0 Å². The SMILES string of the molecule is O=C(O)C1(NCc2cccc(F)c2Br)CCC1. The van der Waals surface area contributed by atoms with Crippen LogP contribution in [0.3, 0.4) is 0 Å². The normalized spacial score (nSPS) is 17.5. The minimum Gasteiger partial charge on any atom is -0.480 e. The summed E-state index contributed by atoms with van der Waals surface area (Å²) in [4.78, 5) is 11.1. The van der Waals surface area contributed by atoms with Crippen molar-refractivity contribution in [1.29, 1.82) is 0 Å². The van der Waals surface area contributed by atoms with Crippen LogP contribution in [0.2, 0.25) is 0 Å². The summed E-state index contributed by atoms with van der Waals surface area (Å²) >= 11 is 3.16. The number of carbonyl (C=O) groups is 1. The van der Waals surface area contributed by atoms with Crippen molar-refractivity contribution in [3.05, 3.63) is 34.1 Å². The first kappa shape index (κ1) is 12.5. The third-order valence-corrected chi connectivity index (χ3v) is 4.15. The summed E-state index contributed by atoms with van der Waals surface area (Å²) < 4.78 is 13.7. The molecule has 2 rings (SSSR count). The number of benzene rings is 1. The smallest absolute Gasteiger partial charge is 0.323 e. The van der Waals surface area contributed by atoms with Gasteiger partial charge >= 0.3 is 5.97 Å². The largest absolute Gasteiger partial charge is 0.480 e. The quantitative estimate of drug-likeness (QED) is 0.899. The molecular weight excluding hydrogens is 289 g/mol. The summed E-state index contributed by atoms with van der Waals surface area (Å²) in [5, 5.41) is 12.2. The van der Waals surface area contributed by atoms with Crippen LogP contribution < -0.4 is 5.32 Å². The van der Waals surface area contributed by atoms with E-state index in [1.165, 1.54) is 6.07 Å². The van der Waals surface area contributed by atoms with E-state index in [1.807, 2.05) is 0 Å². The fourth-order valence-corrected chi connectivity index (χ4v) is 2.35. The molecule has 2 N–H and O–H groups in total. The molecule has 3 nitrogen and oxygen atoms in total. The third-order valence-electron chi connectivity index (χ3n) is 3.27. The number of aliphatic carboxylic acids is 1. The summed E-state index contributed by atoms with van der Waals surface area (Å²) in [6.45, 7) is 0.352. The highest BCUT2D eigenvalue weighted by Crippen LogP contribution is 2.33. The van der Waals surface area contributed by atoms with Gasteiger partial charge in [-0.25, -0.2) is 4.39 Å². The topological polar surface area (TPSA) is 49.3 Å². The summed E-state index contributed by atoms with van der Waals surface area (Å²) in [7, 11) is 0. The first-order chi connectivity index (χ1) is 8.05. The van der Waals surface area contributed by atoms with Crippen LogP contribution in [0.4, 0.5) is 4.39 Å². The van der Waals surface area contributed by atoms with E-state index in [1.54, 1.807) is 12.1 Å². The first-order valence-electron chi connectivity index (χ1n) is 5.46. The van der Waals surface area contributed by atoms with Gasteiger partial charge in [-0.2, -0.15) is 0 Å². The molecule has 1 aromatic carbocycles. The van der Waals surface area contributed by atoms with Gasteiger partial charge < -0.3 is 5.11 Å². The summed E-state index contributed by atoms with van der Waals surface area (Å²) in [6.07, 6.45) is 2.19. The highest BCUT2D eigenvalue weighted by atomic mass is 79.9. The maximum absolute atomic E-state index is 13.3. The first-order valence-corrected chi connectivity index (χ1v) is 6.26. The van der Waals surface area contributed by atoms with Gasteiger partial charge in [0.1, 0.15) is 11.4 Å². The molecule has 0 atom stereocenters. The van der Waals surface area contributed by atoms with Crippen molar-refractivity contribution in [2.75, 3.05) is 0 Å². The van der Waals surface area contributed by atoms with Gasteiger partial charge in [0.25, 0.3) is 0 Å². The van der Waals surface area contributed by atoms with Gasteiger partial charge in [0, 0.05) is 6.54 Å². The molecule has 0 spiro atoms. The molecule has 1 aliphatic rings. The molecule has 0 heterocycles. The van der Waals surface area contributed by atoms with Crippen LogP contribution >= 0.6 is 15.9 Å². The lowest BCUT2D eigenvalue weighted by molar-refractivity contribution is -0.148. The summed E-state index contributed by atoms with van der Waals surface area (Å²) in [6, 6.07) is 4.75. The van der Waals surface area contributed by atoms with Crippen molar-refractivity contribution in [1.82, 2.24) is 5.32 Å². The van der Waals surface area contributed by atoms with E-state index in [9.17, 15) is 9.18 Å². The lowest BCUT2D eigenvalue weighted by Gasteiger charge is -2.38. The van der Waals surface area contributed by atoms with Gasteiger partial charge in [0.15, 0.2) is 0 Å². The minimum atomic E-state index is -0.823. The Morgan fingerprint density at radius 3 is 2.76 bits per heavy atom. The average molecular weight is 302 g/mol. The fourth-order valence-electron chi connectivity index (χ4n) is 1.95. The maximum Gasteiger partial charge on any atom is 0.323 e. The molecule has 5 heteroatoms. The highest BCUT2D eigenvalue weighted by molar-refractivity contribution is 9.10. The maximum atomic E-state index is 13.3. The van der Waals surface area contributed by atoms with E-state index in [0.717, 1.165) is 12.0 Å². The zero-order valence-electron chi connectivity index (χ0n) is 9.17. The van der Waals surface area contributed by atoms with Crippen molar-refractivity contribution in [2.24, 2.45) is 0 Å². The molecule has 0 amide bonds. The Morgan fingerprint density at radius 2 is 2.24 bits per heavy atom. The summed E-state index contributed by atoms with van der Waals surface area (Å²) in [5.74, 6) is -1.15. The van der Waals surface area contributed by atoms with E-state index in [2.05, 4.69) is 21.2 Å². The van der Waals surface area contributed by atoms with Gasteiger partial charge in [-0.05, 0) is 46.8 Å². The zero-order chi connectivity index (χ0) is 12.5. The molecule has 1 aromatic rings. The van der Waals surface area contributed by atoms with Crippen molar-refractivity contribution >= 4 is 21.9 Å². The molecule has 1 fully saturated rings. The minimum absolute atomic E-state index is 0.331. The van der Waals surface area contributed by atoms with Crippen molar-refractivity contribution in [2.45, 2.75) is 31.3 Å². The van der Waals surface area contributed by atoms with Crippen LogP contribution in [-0.4, -0.2) is 16.6 Å². The van der Waals surface area contributed by atoms with E-state index in [4.69, 9.17) is 5.11 Å². The number of carboxylic acids is 1. The number of carboxylic acid groups (broad SMARTS) is 1. The van der Waals surface area contributed by atoms with Gasteiger partial charge in [-0.3, -0.25) is 10.1 Å². The second kappa shape index (κ2) is 4.74. The monoisotopic (exact) mass is 301 g/mol. The van der Waals surface area contributed by atoms with Crippen molar-refractivity contribution in [3.8, 4) is 0 Å². The van der Waals surface area contributed by atoms with E-state index >= 15 is 0 Å². The molecule has 0 radical (unpaired) electrons. The van der Waals surface area contributed by atoms with Crippen molar-refractivity contribution in [3.63, 3.8) is 0 Å². The van der Waals surface area contributed by atoms with Gasteiger partial charge in [-0.15, -0.1) is 0 Å². The number of halogens is 2. The van der Waals surface area contributed by atoms with Crippen LogP contribution in [0.25, 0.3) is 0 Å². The third kappa shape index (κ3) is 2.35. The van der Waals surface area contributed by atoms with E-state index in [0.29, 0.717) is 23.9 Å². The molecule has 1 saturated carbocycles. The lowest BCUT2D eigenvalue weighted by Crippen LogP contribution is -2.56. The Kier molecular flexibility index (Phi) is 3.49. The lowest BCUT2D eigenvalue weighted by atomic mass is 9.76. The molecule has 0 saturated heterocycles. The number of rotatable bonds is 4. The second-order valence-corrected chi connectivity index (χ2v) is 5.10. The zero-order valence-corrected chi connectivity index (χ0v) is 10.8. The Labute approximate surface area is 107 Å². The summed E-state index contributed by atoms with van der Waals surface area (Å²) in [5.41, 5.74) is -0.0799. The van der Waals surface area contributed by atoms with Gasteiger partial charge in [-0.1, -0.05) is 12.1 Å². The van der Waals surface area contributed by atoms with Crippen LogP contribution in [-0.2, 0) is 11.3 Å². The predicted octanol–water partition coefficient (Wildman–Crippen LogP) is 2.69. The molecule has 17 heavy (non-hydrogen) atoms. The second-order valence-electron chi connectivity index (χ2n) is 4.31. The fraction of sp³-hybridized carbons (Fsp3) is 0.417. The molecule has 0 unspecified atom stereocenters. The van der Waals surface area contributed by atoms with Crippen LogP contribution in [0.15, 0.2) is 22.7 Å². The Bertz CT molecular complexity index is 446. The highest BCUT2D eigenvalue weighted by Gasteiger charge is 2.43. The molecule has 92 valence electrons. The van der Waals surface area contributed by atoms with Crippen LogP contribution in [0.5, 0.6) is 0 Å².